The van der Waals surface area contributed by atoms with Crippen molar-refractivity contribution in [2.24, 2.45) is 0 Å². The van der Waals surface area contributed by atoms with Crippen molar-refractivity contribution in [2.45, 2.75) is 4.90 Å². The van der Waals surface area contributed by atoms with Crippen LogP contribution < -0.4 is 14.8 Å². The van der Waals surface area contributed by atoms with E-state index in [4.69, 9.17) is 4.74 Å². The SMILES string of the molecule is COc1ccc(S(=O)(=O)Nc2cccc(C(=O)Nc3ccc([N+](=O)[O-])cc3)c2)cc1. The number of carbonyl (C=O) groups excluding carboxylic acids is 1. The van der Waals surface area contributed by atoms with Crippen LogP contribution in [0.25, 0.3) is 0 Å². The Morgan fingerprint density at radius 1 is 0.967 bits per heavy atom. The van der Waals surface area contributed by atoms with Gasteiger partial charge in [-0.2, -0.15) is 0 Å². The molecular formula is C20H17N3O6S. The van der Waals surface area contributed by atoms with E-state index in [2.05, 4.69) is 10.0 Å². The minimum atomic E-state index is -3.85. The molecule has 154 valence electrons. The molecule has 0 spiro atoms. The number of carbonyl (C=O) groups is 1. The van der Waals surface area contributed by atoms with Crippen molar-refractivity contribution in [3.63, 3.8) is 0 Å². The number of amides is 1. The van der Waals surface area contributed by atoms with Crippen molar-refractivity contribution < 1.29 is 22.9 Å². The van der Waals surface area contributed by atoms with Crippen LogP contribution in [-0.4, -0.2) is 26.4 Å². The molecule has 0 aliphatic heterocycles. The minimum absolute atomic E-state index is 0.0454. The smallest absolute Gasteiger partial charge is 0.269 e. The zero-order valence-corrected chi connectivity index (χ0v) is 16.5. The summed E-state index contributed by atoms with van der Waals surface area (Å²) in [6.45, 7) is 0. The average Bonchev–Trinajstić information content (AvgIpc) is 2.74. The summed E-state index contributed by atoms with van der Waals surface area (Å²) in [5.74, 6) is 0.0354. The first-order valence-electron chi connectivity index (χ1n) is 8.61. The molecule has 0 atom stereocenters. The van der Waals surface area contributed by atoms with E-state index < -0.39 is 20.9 Å². The third-order valence-electron chi connectivity index (χ3n) is 4.08. The molecule has 0 unspecified atom stereocenters. The van der Waals surface area contributed by atoms with Crippen LogP contribution >= 0.6 is 0 Å². The molecule has 0 saturated carbocycles. The zero-order valence-electron chi connectivity index (χ0n) is 15.7. The Hall–Kier alpha value is -3.92. The topological polar surface area (TPSA) is 128 Å². The molecule has 10 heteroatoms. The molecule has 2 N–H and O–H groups in total. The van der Waals surface area contributed by atoms with Crippen LogP contribution in [0.15, 0.2) is 77.7 Å². The fourth-order valence-corrected chi connectivity index (χ4v) is 3.61. The van der Waals surface area contributed by atoms with Gasteiger partial charge in [0.1, 0.15) is 5.75 Å². The summed E-state index contributed by atoms with van der Waals surface area (Å²) in [5.41, 5.74) is 0.697. The van der Waals surface area contributed by atoms with E-state index in [1.165, 1.54) is 79.9 Å². The number of nitrogens with zero attached hydrogens (tertiary/aromatic N) is 1. The maximum absolute atomic E-state index is 12.6. The van der Waals surface area contributed by atoms with Crippen molar-refractivity contribution in [3.05, 3.63) is 88.5 Å². The van der Waals surface area contributed by atoms with Crippen LogP contribution in [0.1, 0.15) is 10.4 Å². The number of benzene rings is 3. The second-order valence-corrected chi connectivity index (χ2v) is 7.80. The standard InChI is InChI=1S/C20H17N3O6S/c1-29-18-9-11-19(12-10-18)30(27,28)22-16-4-2-3-14(13-16)20(24)21-15-5-7-17(8-6-15)23(25)26/h2-13,22H,1H3,(H,21,24). The van der Waals surface area contributed by atoms with Gasteiger partial charge in [0.05, 0.1) is 16.9 Å². The highest BCUT2D eigenvalue weighted by Crippen LogP contribution is 2.21. The van der Waals surface area contributed by atoms with Crippen molar-refractivity contribution in [1.82, 2.24) is 0 Å². The van der Waals surface area contributed by atoms with Crippen LogP contribution in [0.5, 0.6) is 5.75 Å². The Balaban J connectivity index is 1.74. The number of nitro groups is 1. The van der Waals surface area contributed by atoms with Gasteiger partial charge in [0.25, 0.3) is 21.6 Å². The number of rotatable bonds is 7. The number of non-ortho nitro benzene ring substituents is 1. The summed E-state index contributed by atoms with van der Waals surface area (Å²) in [6.07, 6.45) is 0. The molecule has 0 aliphatic carbocycles. The summed E-state index contributed by atoms with van der Waals surface area (Å²) in [7, 11) is -2.37. The van der Waals surface area contributed by atoms with Gasteiger partial charge in [-0.25, -0.2) is 8.42 Å². The third kappa shape index (κ3) is 4.92. The third-order valence-corrected chi connectivity index (χ3v) is 5.48. The number of hydrogen-bond donors (Lipinski definition) is 2. The van der Waals surface area contributed by atoms with Gasteiger partial charge in [-0.05, 0) is 54.6 Å². The van der Waals surface area contributed by atoms with Crippen LogP contribution in [0.3, 0.4) is 0 Å². The maximum Gasteiger partial charge on any atom is 0.269 e. The monoisotopic (exact) mass is 427 g/mol. The first-order valence-corrected chi connectivity index (χ1v) is 10.1. The molecule has 9 nitrogen and oxygen atoms in total. The first kappa shape index (κ1) is 20.8. The predicted molar refractivity (Wildman–Crippen MR) is 111 cm³/mol. The van der Waals surface area contributed by atoms with Crippen molar-refractivity contribution in [2.75, 3.05) is 17.1 Å². The quantitative estimate of drug-likeness (QED) is 0.437. The van der Waals surface area contributed by atoms with Crippen LogP contribution in [-0.2, 0) is 10.0 Å². The summed E-state index contributed by atoms with van der Waals surface area (Å²) < 4.78 is 32.5. The molecule has 0 heterocycles. The van der Waals surface area contributed by atoms with Gasteiger partial charge in [-0.3, -0.25) is 19.6 Å². The normalized spacial score (nSPS) is 10.8. The van der Waals surface area contributed by atoms with Crippen LogP contribution in [0.2, 0.25) is 0 Å². The van der Waals surface area contributed by atoms with E-state index in [-0.39, 0.29) is 21.8 Å². The van der Waals surface area contributed by atoms with E-state index in [0.29, 0.717) is 11.4 Å². The summed E-state index contributed by atoms with van der Waals surface area (Å²) in [6, 6.07) is 17.2. The van der Waals surface area contributed by atoms with Gasteiger partial charge in [0, 0.05) is 29.1 Å². The molecule has 0 aliphatic rings. The number of methoxy groups -OCH3 is 1. The van der Waals surface area contributed by atoms with Crippen LogP contribution in [0, 0.1) is 10.1 Å². The molecule has 0 aromatic heterocycles. The first-order chi connectivity index (χ1) is 14.3. The molecule has 1 amide bonds. The highest BCUT2D eigenvalue weighted by atomic mass is 32.2. The lowest BCUT2D eigenvalue weighted by Gasteiger charge is -2.10. The Bertz CT molecular complexity index is 1180. The summed E-state index contributed by atoms with van der Waals surface area (Å²) in [5, 5.41) is 13.3. The van der Waals surface area contributed by atoms with Crippen molar-refractivity contribution >= 4 is 33.0 Å². The highest BCUT2D eigenvalue weighted by molar-refractivity contribution is 7.92. The molecule has 0 saturated heterocycles. The molecular weight excluding hydrogens is 410 g/mol. The maximum atomic E-state index is 12.6. The predicted octanol–water partition coefficient (Wildman–Crippen LogP) is 3.66. The van der Waals surface area contributed by atoms with Gasteiger partial charge in [0.2, 0.25) is 0 Å². The molecule has 0 radical (unpaired) electrons. The number of sulfonamides is 1. The van der Waals surface area contributed by atoms with Gasteiger partial charge in [0.15, 0.2) is 0 Å². The van der Waals surface area contributed by atoms with E-state index in [1.54, 1.807) is 0 Å². The molecule has 30 heavy (non-hydrogen) atoms. The lowest BCUT2D eigenvalue weighted by atomic mass is 10.2. The molecule has 3 rings (SSSR count). The second-order valence-electron chi connectivity index (χ2n) is 6.12. The Kier molecular flexibility index (Phi) is 5.98. The minimum Gasteiger partial charge on any atom is -0.497 e. The van der Waals surface area contributed by atoms with E-state index in [9.17, 15) is 23.3 Å². The second kappa shape index (κ2) is 8.62. The fraction of sp³-hybridized carbons (Fsp3) is 0.0500. The summed E-state index contributed by atoms with van der Waals surface area (Å²) >= 11 is 0. The number of hydrogen-bond acceptors (Lipinski definition) is 6. The zero-order chi connectivity index (χ0) is 21.7. The van der Waals surface area contributed by atoms with E-state index >= 15 is 0 Å². The highest BCUT2D eigenvalue weighted by Gasteiger charge is 2.15. The lowest BCUT2D eigenvalue weighted by Crippen LogP contribution is -2.15. The van der Waals surface area contributed by atoms with E-state index in [0.717, 1.165) is 0 Å². The van der Waals surface area contributed by atoms with Gasteiger partial charge < -0.3 is 10.1 Å². The largest absolute Gasteiger partial charge is 0.497 e. The molecule has 0 bridgehead atoms. The van der Waals surface area contributed by atoms with Gasteiger partial charge in [-0.15, -0.1) is 0 Å². The molecule has 3 aromatic carbocycles. The average molecular weight is 427 g/mol. The van der Waals surface area contributed by atoms with Crippen LogP contribution in [0.4, 0.5) is 17.1 Å². The summed E-state index contributed by atoms with van der Waals surface area (Å²) in [4.78, 5) is 22.7. The molecule has 0 fully saturated rings. The Labute approximate surface area is 172 Å². The molecule has 3 aromatic rings. The number of anilines is 2. The van der Waals surface area contributed by atoms with Crippen molar-refractivity contribution in [1.29, 1.82) is 0 Å². The van der Waals surface area contributed by atoms with Gasteiger partial charge >= 0.3 is 0 Å². The van der Waals surface area contributed by atoms with Crippen molar-refractivity contribution in [3.8, 4) is 5.75 Å². The Morgan fingerprint density at radius 3 is 2.23 bits per heavy atom. The fourth-order valence-electron chi connectivity index (χ4n) is 2.56. The number of ether oxygens (including phenoxy) is 1. The van der Waals surface area contributed by atoms with Gasteiger partial charge in [-0.1, -0.05) is 6.07 Å². The Morgan fingerprint density at radius 2 is 1.63 bits per heavy atom. The number of nitrogens with one attached hydrogen (secondary N) is 2. The van der Waals surface area contributed by atoms with E-state index in [1.807, 2.05) is 0 Å². The number of nitro benzene ring substituents is 1. The lowest BCUT2D eigenvalue weighted by molar-refractivity contribution is -0.384.